The number of H-pyrrole nitrogens is 1. The number of carbonyl (C=O) groups excluding carboxylic acids is 2. The lowest BCUT2D eigenvalue weighted by Gasteiger charge is -2.03. The highest BCUT2D eigenvalue weighted by Gasteiger charge is 2.06. The minimum atomic E-state index is -0.420. The number of carbonyl (C=O) groups is 2. The number of amides is 1. The number of hydrogen-bond acceptors (Lipinski definition) is 4. The molecule has 6 heteroatoms. The lowest BCUT2D eigenvalue weighted by molar-refractivity contribution is -0.111. The number of nitrogens with one attached hydrogen (secondary N) is 2. The minimum absolute atomic E-state index is 0.286. The Balaban J connectivity index is 1.49. The van der Waals surface area contributed by atoms with Gasteiger partial charge < -0.3 is 15.0 Å². The fraction of sp³-hybridized carbons (Fsp3) is 0.0455. The SMILES string of the molecule is COC(=O)c1ccc(NC(=O)/C=C/c2cc3c(cn2)[nH]c2ccccc23)cc1. The lowest BCUT2D eigenvalue weighted by atomic mass is 10.1. The molecule has 0 saturated carbocycles. The number of anilines is 1. The van der Waals surface area contributed by atoms with Gasteiger partial charge in [-0.05, 0) is 42.5 Å². The van der Waals surface area contributed by atoms with Crippen LogP contribution in [0.25, 0.3) is 27.9 Å². The molecule has 0 aliphatic heterocycles. The molecule has 0 saturated heterocycles. The van der Waals surface area contributed by atoms with E-state index in [2.05, 4.69) is 20.0 Å². The molecule has 0 aliphatic rings. The number of pyridine rings is 1. The van der Waals surface area contributed by atoms with Gasteiger partial charge in [0.2, 0.25) is 5.91 Å². The van der Waals surface area contributed by atoms with Crippen LogP contribution in [0.5, 0.6) is 0 Å². The predicted octanol–water partition coefficient (Wildman–Crippen LogP) is 4.15. The molecule has 4 aromatic rings. The van der Waals surface area contributed by atoms with Crippen LogP contribution in [0.4, 0.5) is 5.69 Å². The largest absolute Gasteiger partial charge is 0.465 e. The molecule has 0 aliphatic carbocycles. The van der Waals surface area contributed by atoms with Crippen molar-refractivity contribution in [1.29, 1.82) is 0 Å². The lowest BCUT2D eigenvalue weighted by Crippen LogP contribution is -2.08. The van der Waals surface area contributed by atoms with Gasteiger partial charge in [-0.25, -0.2) is 4.79 Å². The summed E-state index contributed by atoms with van der Waals surface area (Å²) in [4.78, 5) is 31.3. The third-order valence-electron chi connectivity index (χ3n) is 4.39. The molecule has 0 bridgehead atoms. The highest BCUT2D eigenvalue weighted by molar-refractivity contribution is 6.07. The summed E-state index contributed by atoms with van der Waals surface area (Å²) in [6.45, 7) is 0. The van der Waals surface area contributed by atoms with Crippen LogP contribution in [0.15, 0.2) is 66.9 Å². The molecule has 2 aromatic carbocycles. The minimum Gasteiger partial charge on any atom is -0.465 e. The fourth-order valence-electron chi connectivity index (χ4n) is 3.01. The summed E-state index contributed by atoms with van der Waals surface area (Å²) in [6, 6.07) is 16.5. The average Bonchev–Trinajstić information content (AvgIpc) is 3.10. The number of hydrogen-bond donors (Lipinski definition) is 2. The third kappa shape index (κ3) is 3.48. The molecular weight excluding hydrogens is 354 g/mol. The Morgan fingerprint density at radius 2 is 1.82 bits per heavy atom. The van der Waals surface area contributed by atoms with Crippen LogP contribution in [0.1, 0.15) is 16.1 Å². The number of para-hydroxylation sites is 1. The zero-order valence-electron chi connectivity index (χ0n) is 15.1. The Morgan fingerprint density at radius 3 is 2.61 bits per heavy atom. The maximum Gasteiger partial charge on any atom is 0.337 e. The molecule has 2 heterocycles. The van der Waals surface area contributed by atoms with Crippen molar-refractivity contribution in [2.75, 3.05) is 12.4 Å². The van der Waals surface area contributed by atoms with E-state index in [9.17, 15) is 9.59 Å². The maximum absolute atomic E-state index is 12.2. The van der Waals surface area contributed by atoms with Crippen LogP contribution in [-0.4, -0.2) is 29.0 Å². The van der Waals surface area contributed by atoms with Gasteiger partial charge in [-0.15, -0.1) is 0 Å². The van der Waals surface area contributed by atoms with E-state index in [0.29, 0.717) is 16.9 Å². The van der Waals surface area contributed by atoms with E-state index in [1.165, 1.54) is 13.2 Å². The molecule has 0 spiro atoms. The Hall–Kier alpha value is -3.93. The second kappa shape index (κ2) is 7.36. The van der Waals surface area contributed by atoms with Crippen molar-refractivity contribution in [1.82, 2.24) is 9.97 Å². The summed E-state index contributed by atoms with van der Waals surface area (Å²) in [5.41, 5.74) is 3.70. The molecule has 1 amide bonds. The number of esters is 1. The summed E-state index contributed by atoms with van der Waals surface area (Å²) >= 11 is 0. The van der Waals surface area contributed by atoms with E-state index in [1.807, 2.05) is 30.3 Å². The van der Waals surface area contributed by atoms with Crippen LogP contribution in [0, 0.1) is 0 Å². The van der Waals surface area contributed by atoms with E-state index < -0.39 is 5.97 Å². The number of aromatic amines is 1. The molecule has 28 heavy (non-hydrogen) atoms. The number of rotatable bonds is 4. The first kappa shape index (κ1) is 17.5. The van der Waals surface area contributed by atoms with Crippen LogP contribution >= 0.6 is 0 Å². The number of benzene rings is 2. The molecule has 0 unspecified atom stereocenters. The van der Waals surface area contributed by atoms with E-state index in [0.717, 1.165) is 21.8 Å². The molecular formula is C22H17N3O3. The quantitative estimate of drug-likeness (QED) is 0.417. The predicted molar refractivity (Wildman–Crippen MR) is 109 cm³/mol. The van der Waals surface area contributed by atoms with Gasteiger partial charge in [0.1, 0.15) is 0 Å². The summed E-state index contributed by atoms with van der Waals surface area (Å²) in [5.74, 6) is -0.705. The van der Waals surface area contributed by atoms with Gasteiger partial charge in [0, 0.05) is 28.1 Å². The second-order valence-corrected chi connectivity index (χ2v) is 6.22. The zero-order valence-corrected chi connectivity index (χ0v) is 15.1. The molecule has 0 radical (unpaired) electrons. The molecule has 2 N–H and O–H groups in total. The van der Waals surface area contributed by atoms with Gasteiger partial charge in [0.15, 0.2) is 0 Å². The molecule has 2 aromatic heterocycles. The van der Waals surface area contributed by atoms with E-state index >= 15 is 0 Å². The summed E-state index contributed by atoms with van der Waals surface area (Å²) in [6.07, 6.45) is 4.86. The van der Waals surface area contributed by atoms with Crippen molar-refractivity contribution >= 4 is 45.4 Å². The van der Waals surface area contributed by atoms with Gasteiger partial charge in [0.25, 0.3) is 0 Å². The summed E-state index contributed by atoms with van der Waals surface area (Å²) in [7, 11) is 1.32. The van der Waals surface area contributed by atoms with Crippen LogP contribution in [0.3, 0.4) is 0 Å². The molecule has 138 valence electrons. The smallest absolute Gasteiger partial charge is 0.337 e. The summed E-state index contributed by atoms with van der Waals surface area (Å²) in [5, 5.41) is 4.92. The maximum atomic E-state index is 12.2. The number of ether oxygens (including phenoxy) is 1. The van der Waals surface area contributed by atoms with Crippen molar-refractivity contribution in [2.24, 2.45) is 0 Å². The highest BCUT2D eigenvalue weighted by atomic mass is 16.5. The van der Waals surface area contributed by atoms with E-state index in [-0.39, 0.29) is 5.91 Å². The third-order valence-corrected chi connectivity index (χ3v) is 4.39. The average molecular weight is 371 g/mol. The second-order valence-electron chi connectivity index (χ2n) is 6.22. The van der Waals surface area contributed by atoms with Gasteiger partial charge in [-0.2, -0.15) is 0 Å². The Bertz CT molecular complexity index is 1210. The number of fused-ring (bicyclic) bond motifs is 3. The summed E-state index contributed by atoms with van der Waals surface area (Å²) < 4.78 is 4.65. The topological polar surface area (TPSA) is 84.1 Å². The Labute approximate surface area is 160 Å². The van der Waals surface area contributed by atoms with Gasteiger partial charge >= 0.3 is 5.97 Å². The first-order valence-corrected chi connectivity index (χ1v) is 8.68. The van der Waals surface area contributed by atoms with Crippen molar-refractivity contribution in [3.8, 4) is 0 Å². The molecule has 6 nitrogen and oxygen atoms in total. The van der Waals surface area contributed by atoms with Crippen LogP contribution in [-0.2, 0) is 9.53 Å². The van der Waals surface area contributed by atoms with E-state index in [1.54, 1.807) is 36.5 Å². The van der Waals surface area contributed by atoms with Crippen molar-refractivity contribution < 1.29 is 14.3 Å². The normalized spacial score (nSPS) is 11.2. The van der Waals surface area contributed by atoms with Crippen LogP contribution < -0.4 is 5.32 Å². The van der Waals surface area contributed by atoms with Gasteiger partial charge in [0.05, 0.1) is 30.1 Å². The first-order chi connectivity index (χ1) is 13.6. The van der Waals surface area contributed by atoms with Crippen molar-refractivity contribution in [3.63, 3.8) is 0 Å². The van der Waals surface area contributed by atoms with E-state index in [4.69, 9.17) is 0 Å². The Morgan fingerprint density at radius 1 is 1.04 bits per heavy atom. The molecule has 0 fully saturated rings. The monoisotopic (exact) mass is 371 g/mol. The molecule has 0 atom stereocenters. The molecule has 4 rings (SSSR count). The number of nitrogens with zero attached hydrogens (tertiary/aromatic N) is 1. The fourth-order valence-corrected chi connectivity index (χ4v) is 3.01. The van der Waals surface area contributed by atoms with Gasteiger partial charge in [-0.3, -0.25) is 9.78 Å². The highest BCUT2D eigenvalue weighted by Crippen LogP contribution is 2.25. The van der Waals surface area contributed by atoms with Gasteiger partial charge in [-0.1, -0.05) is 18.2 Å². The van der Waals surface area contributed by atoms with Crippen molar-refractivity contribution in [2.45, 2.75) is 0 Å². The van der Waals surface area contributed by atoms with Crippen molar-refractivity contribution in [3.05, 3.63) is 78.1 Å². The first-order valence-electron chi connectivity index (χ1n) is 8.68. The Kier molecular flexibility index (Phi) is 4.60. The van der Waals surface area contributed by atoms with Crippen LogP contribution in [0.2, 0.25) is 0 Å². The standard InChI is InChI=1S/C22H17N3O3/c1-28-22(27)14-6-8-15(9-7-14)24-21(26)11-10-16-12-18-17-4-2-3-5-19(17)25-20(18)13-23-16/h2-13,25H,1H3,(H,24,26)/b11-10+. The number of methoxy groups -OCH3 is 1. The zero-order chi connectivity index (χ0) is 19.5. The number of aromatic nitrogens is 2.